The van der Waals surface area contributed by atoms with Gasteiger partial charge in [-0.05, 0) is 37.5 Å². The molecule has 0 aliphatic heterocycles. The Kier molecular flexibility index (Phi) is 4.41. The van der Waals surface area contributed by atoms with Crippen molar-refractivity contribution in [2.24, 2.45) is 0 Å². The first-order valence-corrected chi connectivity index (χ1v) is 7.90. The minimum Gasteiger partial charge on any atom is -0.367 e. The van der Waals surface area contributed by atoms with Crippen LogP contribution >= 0.6 is 0 Å². The molecule has 0 radical (unpaired) electrons. The Bertz CT molecular complexity index is 748. The van der Waals surface area contributed by atoms with E-state index in [0.717, 1.165) is 12.2 Å². The quantitative estimate of drug-likeness (QED) is 0.859. The maximum Gasteiger partial charge on any atom is 0.257 e. The topological polar surface area (TPSA) is 76.0 Å². The summed E-state index contributed by atoms with van der Waals surface area (Å²) in [7, 11) is 0. The molecule has 1 aliphatic carbocycles. The molecule has 0 saturated heterocycles. The highest BCUT2D eigenvalue weighted by Crippen LogP contribution is 2.23. The van der Waals surface area contributed by atoms with Gasteiger partial charge in [-0.15, -0.1) is 0 Å². The summed E-state index contributed by atoms with van der Waals surface area (Å²) in [6.07, 6.45) is 6.44. The van der Waals surface area contributed by atoms with Crippen molar-refractivity contribution >= 4 is 17.4 Å². The number of carbonyl (C=O) groups excluding carboxylic acids is 1. The van der Waals surface area contributed by atoms with E-state index in [1.54, 1.807) is 29.1 Å². The Hall–Kier alpha value is -2.63. The number of nitrogens with one attached hydrogen (secondary N) is 2. The fourth-order valence-corrected chi connectivity index (χ4v) is 2.27. The Morgan fingerprint density at radius 1 is 1.30 bits per heavy atom. The van der Waals surface area contributed by atoms with Crippen LogP contribution in [0, 0.1) is 0 Å². The van der Waals surface area contributed by atoms with Crippen LogP contribution in [0.15, 0.2) is 41.5 Å². The van der Waals surface area contributed by atoms with Crippen molar-refractivity contribution in [3.05, 3.63) is 52.6 Å². The lowest BCUT2D eigenvalue weighted by Crippen LogP contribution is -2.20. The van der Waals surface area contributed by atoms with E-state index in [-0.39, 0.29) is 11.5 Å². The van der Waals surface area contributed by atoms with Crippen LogP contribution in [0.4, 0.5) is 11.5 Å². The highest BCUT2D eigenvalue weighted by atomic mass is 16.1. The van der Waals surface area contributed by atoms with Gasteiger partial charge in [-0.2, -0.15) is 0 Å². The van der Waals surface area contributed by atoms with E-state index in [9.17, 15) is 9.59 Å². The second-order valence-electron chi connectivity index (χ2n) is 5.75. The van der Waals surface area contributed by atoms with Gasteiger partial charge < -0.3 is 15.2 Å². The summed E-state index contributed by atoms with van der Waals surface area (Å²) in [6.45, 7) is 2.63. The van der Waals surface area contributed by atoms with Crippen molar-refractivity contribution in [1.82, 2.24) is 9.55 Å². The van der Waals surface area contributed by atoms with Gasteiger partial charge in [0.05, 0.1) is 11.3 Å². The third-order valence-corrected chi connectivity index (χ3v) is 3.66. The van der Waals surface area contributed by atoms with Crippen LogP contribution in [0.1, 0.15) is 36.5 Å². The van der Waals surface area contributed by atoms with Crippen LogP contribution in [0.3, 0.4) is 0 Å². The lowest BCUT2D eigenvalue weighted by atomic mass is 10.2. The third kappa shape index (κ3) is 3.97. The van der Waals surface area contributed by atoms with Gasteiger partial charge in [0.25, 0.3) is 11.5 Å². The van der Waals surface area contributed by atoms with Crippen LogP contribution in [0.25, 0.3) is 0 Å². The Labute approximate surface area is 134 Å². The van der Waals surface area contributed by atoms with E-state index in [4.69, 9.17) is 0 Å². The van der Waals surface area contributed by atoms with E-state index < -0.39 is 0 Å². The maximum atomic E-state index is 12.3. The number of carbonyl (C=O) groups is 1. The SMILES string of the molecule is CCCn1cc(NC(=O)c2ccc(NC3CC3)nc2)ccc1=O. The van der Waals surface area contributed by atoms with Gasteiger partial charge in [-0.3, -0.25) is 9.59 Å². The van der Waals surface area contributed by atoms with Gasteiger partial charge in [0.15, 0.2) is 0 Å². The van der Waals surface area contributed by atoms with Gasteiger partial charge in [-0.25, -0.2) is 4.98 Å². The molecule has 120 valence electrons. The predicted molar refractivity (Wildman–Crippen MR) is 89.8 cm³/mol. The summed E-state index contributed by atoms with van der Waals surface area (Å²) in [5.74, 6) is 0.553. The van der Waals surface area contributed by atoms with Gasteiger partial charge in [0.2, 0.25) is 0 Å². The van der Waals surface area contributed by atoms with Gasteiger partial charge >= 0.3 is 0 Å². The second kappa shape index (κ2) is 6.64. The first-order valence-electron chi connectivity index (χ1n) is 7.90. The molecule has 1 fully saturated rings. The van der Waals surface area contributed by atoms with Crippen molar-refractivity contribution in [2.75, 3.05) is 10.6 Å². The highest BCUT2D eigenvalue weighted by molar-refractivity contribution is 6.04. The van der Waals surface area contributed by atoms with Gasteiger partial charge in [0, 0.05) is 31.0 Å². The molecule has 1 amide bonds. The summed E-state index contributed by atoms with van der Waals surface area (Å²) >= 11 is 0. The molecule has 6 nitrogen and oxygen atoms in total. The number of aryl methyl sites for hydroxylation is 1. The number of hydrogen-bond donors (Lipinski definition) is 2. The molecule has 2 aromatic heterocycles. The molecule has 6 heteroatoms. The van der Waals surface area contributed by atoms with Crippen molar-refractivity contribution in [3.8, 4) is 0 Å². The second-order valence-corrected chi connectivity index (χ2v) is 5.75. The molecule has 3 rings (SSSR count). The Morgan fingerprint density at radius 2 is 2.13 bits per heavy atom. The van der Waals surface area contributed by atoms with Crippen molar-refractivity contribution in [3.63, 3.8) is 0 Å². The van der Waals surface area contributed by atoms with Crippen molar-refractivity contribution < 1.29 is 4.79 Å². The molecule has 23 heavy (non-hydrogen) atoms. The van der Waals surface area contributed by atoms with E-state index in [2.05, 4.69) is 15.6 Å². The minimum atomic E-state index is -0.239. The molecule has 1 aliphatic rings. The monoisotopic (exact) mass is 312 g/mol. The summed E-state index contributed by atoms with van der Waals surface area (Å²) in [5, 5.41) is 6.08. The summed E-state index contributed by atoms with van der Waals surface area (Å²) in [5.41, 5.74) is 1.02. The van der Waals surface area contributed by atoms with Gasteiger partial charge in [0.1, 0.15) is 5.82 Å². The first-order chi connectivity index (χ1) is 11.2. The molecule has 1 saturated carbocycles. The summed E-state index contributed by atoms with van der Waals surface area (Å²) in [6, 6.07) is 7.16. The zero-order valence-electron chi connectivity index (χ0n) is 13.1. The number of aromatic nitrogens is 2. The smallest absolute Gasteiger partial charge is 0.257 e. The molecular weight excluding hydrogens is 292 g/mol. The van der Waals surface area contributed by atoms with Crippen LogP contribution in [0.2, 0.25) is 0 Å². The fraction of sp³-hybridized carbons (Fsp3) is 0.353. The molecule has 2 aromatic rings. The molecule has 0 spiro atoms. The maximum absolute atomic E-state index is 12.3. The molecule has 0 unspecified atom stereocenters. The number of pyridine rings is 2. The first kappa shape index (κ1) is 15.3. The van der Waals surface area contributed by atoms with E-state index in [1.165, 1.54) is 18.9 Å². The predicted octanol–water partition coefficient (Wildman–Crippen LogP) is 2.48. The summed E-state index contributed by atoms with van der Waals surface area (Å²) in [4.78, 5) is 28.2. The number of amides is 1. The van der Waals surface area contributed by atoms with Crippen molar-refractivity contribution in [2.45, 2.75) is 38.8 Å². The lowest BCUT2D eigenvalue weighted by molar-refractivity contribution is 0.102. The summed E-state index contributed by atoms with van der Waals surface area (Å²) < 4.78 is 1.59. The zero-order valence-corrected chi connectivity index (χ0v) is 13.1. The highest BCUT2D eigenvalue weighted by Gasteiger charge is 2.21. The van der Waals surface area contributed by atoms with Crippen LogP contribution in [-0.4, -0.2) is 21.5 Å². The molecule has 0 bridgehead atoms. The number of hydrogen-bond acceptors (Lipinski definition) is 4. The average Bonchev–Trinajstić information content (AvgIpc) is 3.35. The van der Waals surface area contributed by atoms with Crippen LogP contribution in [-0.2, 0) is 6.54 Å². The lowest BCUT2D eigenvalue weighted by Gasteiger charge is -2.09. The number of rotatable bonds is 6. The van der Waals surface area contributed by atoms with Crippen molar-refractivity contribution in [1.29, 1.82) is 0 Å². The van der Waals surface area contributed by atoms with E-state index >= 15 is 0 Å². The average molecular weight is 312 g/mol. The number of nitrogens with zero attached hydrogens (tertiary/aromatic N) is 2. The molecule has 0 atom stereocenters. The minimum absolute atomic E-state index is 0.0676. The molecule has 0 aromatic carbocycles. The standard InChI is InChI=1S/C17H20N4O2/c1-2-9-21-11-14(6-8-16(21)22)20-17(23)12-3-7-15(18-10-12)19-13-4-5-13/h3,6-8,10-11,13H,2,4-5,9H2,1H3,(H,18,19)(H,20,23). The normalized spacial score (nSPS) is 13.6. The molecular formula is C17H20N4O2. The van der Waals surface area contributed by atoms with Crippen LogP contribution in [0.5, 0.6) is 0 Å². The third-order valence-electron chi connectivity index (χ3n) is 3.66. The Balaban J connectivity index is 1.68. The van der Waals surface area contributed by atoms with E-state index in [1.807, 2.05) is 13.0 Å². The van der Waals surface area contributed by atoms with Crippen LogP contribution < -0.4 is 16.2 Å². The number of anilines is 2. The van der Waals surface area contributed by atoms with E-state index in [0.29, 0.717) is 23.8 Å². The zero-order chi connectivity index (χ0) is 16.2. The van der Waals surface area contributed by atoms with Gasteiger partial charge in [-0.1, -0.05) is 6.92 Å². The molecule has 2 N–H and O–H groups in total. The largest absolute Gasteiger partial charge is 0.367 e. The molecule has 2 heterocycles. The fourth-order valence-electron chi connectivity index (χ4n) is 2.27. The Morgan fingerprint density at radius 3 is 2.78 bits per heavy atom.